The topological polar surface area (TPSA) is 44.8 Å². The second-order valence-corrected chi connectivity index (χ2v) is 7.43. The summed E-state index contributed by atoms with van der Waals surface area (Å²) in [5, 5.41) is 3.01. The van der Waals surface area contributed by atoms with E-state index in [0.717, 1.165) is 53.3 Å². The number of hydrogen-bond donors (Lipinski definition) is 1. The number of halogens is 1. The van der Waals surface area contributed by atoms with Gasteiger partial charge >= 0.3 is 0 Å². The molecule has 0 atom stereocenters. The molecule has 1 aliphatic rings. The third kappa shape index (κ3) is 5.11. The quantitative estimate of drug-likeness (QED) is 0.732. The van der Waals surface area contributed by atoms with Crippen molar-refractivity contribution < 1.29 is 9.53 Å². The number of hydrogen-bond acceptors (Lipinski definition) is 4. The summed E-state index contributed by atoms with van der Waals surface area (Å²) in [6, 6.07) is 13.6. The number of nitrogens with zero attached hydrogens (tertiary/aromatic N) is 2. The van der Waals surface area contributed by atoms with E-state index in [0.29, 0.717) is 0 Å². The maximum atomic E-state index is 12.5. The Morgan fingerprint density at radius 2 is 1.89 bits per heavy atom. The van der Waals surface area contributed by atoms with Gasteiger partial charge in [-0.15, -0.1) is 0 Å². The summed E-state index contributed by atoms with van der Waals surface area (Å²) >= 11 is 3.45. The molecule has 0 aliphatic carbocycles. The number of methoxy groups -OCH3 is 1. The van der Waals surface area contributed by atoms with Crippen LogP contribution >= 0.6 is 15.9 Å². The average Bonchev–Trinajstić information content (AvgIpc) is 2.68. The number of piperazine rings is 1. The molecule has 1 aliphatic heterocycles. The molecule has 0 saturated carbocycles. The van der Waals surface area contributed by atoms with Crippen molar-refractivity contribution in [3.8, 4) is 5.75 Å². The summed E-state index contributed by atoms with van der Waals surface area (Å²) in [6.07, 6.45) is 3.29. The average molecular weight is 430 g/mol. The molecule has 2 aromatic rings. The number of para-hydroxylation sites is 2. The molecule has 0 radical (unpaired) electrons. The van der Waals surface area contributed by atoms with E-state index in [-0.39, 0.29) is 5.91 Å². The molecule has 1 amide bonds. The van der Waals surface area contributed by atoms with Crippen molar-refractivity contribution in [2.75, 3.05) is 50.6 Å². The zero-order chi connectivity index (χ0) is 19.2. The molecule has 27 heavy (non-hydrogen) atoms. The number of anilines is 2. The lowest BCUT2D eigenvalue weighted by Gasteiger charge is -2.35. The summed E-state index contributed by atoms with van der Waals surface area (Å²) in [5.74, 6) is 0.554. The van der Waals surface area contributed by atoms with Gasteiger partial charge in [0.15, 0.2) is 0 Å². The number of likely N-dealkylation sites (N-methyl/N-ethyl adjacent to an activating group) is 1. The second kappa shape index (κ2) is 9.06. The molecule has 0 unspecified atom stereocenters. The third-order valence-electron chi connectivity index (χ3n) is 4.61. The first kappa shape index (κ1) is 19.5. The minimum absolute atomic E-state index is 0.168. The Labute approximate surface area is 168 Å². The Morgan fingerprint density at radius 1 is 1.15 bits per heavy atom. The number of carbonyl (C=O) groups excluding carboxylic acids is 1. The van der Waals surface area contributed by atoms with Crippen molar-refractivity contribution in [3.63, 3.8) is 0 Å². The molecule has 142 valence electrons. The zero-order valence-corrected chi connectivity index (χ0v) is 17.2. The Kier molecular flexibility index (Phi) is 6.53. The fourth-order valence-corrected chi connectivity index (χ4v) is 3.46. The highest BCUT2D eigenvalue weighted by molar-refractivity contribution is 9.10. The van der Waals surface area contributed by atoms with Crippen LogP contribution in [0.1, 0.15) is 5.56 Å². The smallest absolute Gasteiger partial charge is 0.248 e. The highest BCUT2D eigenvalue weighted by Crippen LogP contribution is 2.27. The van der Waals surface area contributed by atoms with E-state index in [1.165, 1.54) is 6.08 Å². The van der Waals surface area contributed by atoms with Gasteiger partial charge in [-0.25, -0.2) is 0 Å². The van der Waals surface area contributed by atoms with Gasteiger partial charge in [0.05, 0.1) is 18.5 Å². The lowest BCUT2D eigenvalue weighted by Crippen LogP contribution is -2.44. The van der Waals surface area contributed by atoms with Crippen molar-refractivity contribution in [2.45, 2.75) is 0 Å². The van der Waals surface area contributed by atoms with E-state index < -0.39 is 0 Å². The van der Waals surface area contributed by atoms with E-state index >= 15 is 0 Å². The SMILES string of the molecule is COc1ccc(Br)cc1/C=C/C(=O)Nc1ccccc1N1CCN(C)CC1. The molecule has 0 spiro atoms. The normalized spacial score (nSPS) is 15.1. The molecular formula is C21H24BrN3O2. The molecule has 3 rings (SSSR count). The van der Waals surface area contributed by atoms with Crippen LogP contribution in [0.3, 0.4) is 0 Å². The van der Waals surface area contributed by atoms with E-state index in [1.807, 2.05) is 36.4 Å². The van der Waals surface area contributed by atoms with Gasteiger partial charge in [-0.2, -0.15) is 0 Å². The molecule has 1 saturated heterocycles. The van der Waals surface area contributed by atoms with Gasteiger partial charge in [-0.3, -0.25) is 4.79 Å². The molecule has 6 heteroatoms. The Morgan fingerprint density at radius 3 is 2.63 bits per heavy atom. The predicted molar refractivity (Wildman–Crippen MR) is 115 cm³/mol. The third-order valence-corrected chi connectivity index (χ3v) is 5.11. The lowest BCUT2D eigenvalue weighted by atomic mass is 10.2. The number of benzene rings is 2. The summed E-state index contributed by atoms with van der Waals surface area (Å²) in [5.41, 5.74) is 2.74. The van der Waals surface area contributed by atoms with Crippen LogP contribution in [0.25, 0.3) is 6.08 Å². The fourth-order valence-electron chi connectivity index (χ4n) is 3.08. The van der Waals surface area contributed by atoms with E-state index in [9.17, 15) is 4.79 Å². The summed E-state index contributed by atoms with van der Waals surface area (Å²) in [4.78, 5) is 17.1. The standard InChI is InChI=1S/C21H24BrN3O2/c1-24-11-13-25(14-12-24)19-6-4-3-5-18(19)23-21(26)10-7-16-15-17(22)8-9-20(16)27-2/h3-10,15H,11-14H2,1-2H3,(H,23,26)/b10-7+. The highest BCUT2D eigenvalue weighted by atomic mass is 79.9. The summed E-state index contributed by atoms with van der Waals surface area (Å²) in [6.45, 7) is 3.94. The predicted octanol–water partition coefficient (Wildman–Crippen LogP) is 3.86. The van der Waals surface area contributed by atoms with Crippen LogP contribution in [0.2, 0.25) is 0 Å². The molecule has 2 aromatic carbocycles. The molecule has 0 bridgehead atoms. The van der Waals surface area contributed by atoms with Crippen LogP contribution in [0.15, 0.2) is 53.0 Å². The second-order valence-electron chi connectivity index (χ2n) is 6.52. The van der Waals surface area contributed by atoms with Gasteiger partial charge in [0.2, 0.25) is 5.91 Å². The number of carbonyl (C=O) groups is 1. The molecule has 1 fully saturated rings. The Bertz CT molecular complexity index is 830. The van der Waals surface area contributed by atoms with Gasteiger partial charge in [-0.05, 0) is 43.5 Å². The van der Waals surface area contributed by atoms with E-state index in [1.54, 1.807) is 13.2 Å². The largest absolute Gasteiger partial charge is 0.496 e. The molecule has 0 aromatic heterocycles. The number of nitrogens with one attached hydrogen (secondary N) is 1. The Balaban J connectivity index is 1.72. The van der Waals surface area contributed by atoms with Crippen molar-refractivity contribution in [1.82, 2.24) is 4.90 Å². The van der Waals surface area contributed by atoms with Crippen molar-refractivity contribution in [2.24, 2.45) is 0 Å². The van der Waals surface area contributed by atoms with Crippen LogP contribution in [0, 0.1) is 0 Å². The number of ether oxygens (including phenoxy) is 1. The van der Waals surface area contributed by atoms with Crippen molar-refractivity contribution in [3.05, 3.63) is 58.6 Å². The van der Waals surface area contributed by atoms with Gasteiger partial charge in [0.1, 0.15) is 5.75 Å². The highest BCUT2D eigenvalue weighted by Gasteiger charge is 2.17. The van der Waals surface area contributed by atoms with Gasteiger partial charge in [-0.1, -0.05) is 28.1 Å². The number of amides is 1. The van der Waals surface area contributed by atoms with Crippen LogP contribution in [-0.4, -0.2) is 51.1 Å². The van der Waals surface area contributed by atoms with Gasteiger partial charge in [0, 0.05) is 42.3 Å². The number of rotatable bonds is 5. The van der Waals surface area contributed by atoms with Crippen molar-refractivity contribution >= 4 is 39.3 Å². The van der Waals surface area contributed by atoms with Crippen molar-refractivity contribution in [1.29, 1.82) is 0 Å². The first-order valence-electron chi connectivity index (χ1n) is 8.92. The van der Waals surface area contributed by atoms with Gasteiger partial charge in [0.25, 0.3) is 0 Å². The van der Waals surface area contributed by atoms with Crippen LogP contribution in [-0.2, 0) is 4.79 Å². The fraction of sp³-hybridized carbons (Fsp3) is 0.286. The Hall–Kier alpha value is -2.31. The maximum absolute atomic E-state index is 12.5. The molecular weight excluding hydrogens is 406 g/mol. The maximum Gasteiger partial charge on any atom is 0.248 e. The molecule has 1 N–H and O–H groups in total. The van der Waals surface area contributed by atoms with E-state index in [2.05, 4.69) is 44.2 Å². The molecule has 5 nitrogen and oxygen atoms in total. The van der Waals surface area contributed by atoms with E-state index in [4.69, 9.17) is 4.74 Å². The minimum atomic E-state index is -0.168. The lowest BCUT2D eigenvalue weighted by molar-refractivity contribution is -0.111. The van der Waals surface area contributed by atoms with Crippen LogP contribution in [0.5, 0.6) is 5.75 Å². The minimum Gasteiger partial charge on any atom is -0.496 e. The van der Waals surface area contributed by atoms with Crippen LogP contribution in [0.4, 0.5) is 11.4 Å². The first-order valence-corrected chi connectivity index (χ1v) is 9.71. The summed E-state index contributed by atoms with van der Waals surface area (Å²) in [7, 11) is 3.75. The zero-order valence-electron chi connectivity index (χ0n) is 15.6. The van der Waals surface area contributed by atoms with Crippen LogP contribution < -0.4 is 15.0 Å². The molecule has 1 heterocycles. The monoisotopic (exact) mass is 429 g/mol. The van der Waals surface area contributed by atoms with Gasteiger partial charge < -0.3 is 19.9 Å². The summed E-state index contributed by atoms with van der Waals surface area (Å²) < 4.78 is 6.28. The first-order chi connectivity index (χ1) is 13.1.